The van der Waals surface area contributed by atoms with Crippen molar-refractivity contribution in [3.05, 3.63) is 0 Å². The minimum Gasteiger partial charge on any atom is -0.391 e. The van der Waals surface area contributed by atoms with Crippen LogP contribution in [0.1, 0.15) is 53.4 Å². The minimum atomic E-state index is -0.127. The summed E-state index contributed by atoms with van der Waals surface area (Å²) in [4.78, 5) is 2.37. The Kier molecular flexibility index (Phi) is 6.09. The SMILES string of the molecule is CC(C)NCC(C)(C)CN(C)C1CCCCC1O. The van der Waals surface area contributed by atoms with Crippen LogP contribution in [-0.2, 0) is 0 Å². The molecule has 2 unspecified atom stereocenters. The van der Waals surface area contributed by atoms with Crippen LogP contribution in [0.3, 0.4) is 0 Å². The smallest absolute Gasteiger partial charge is 0.0695 e. The largest absolute Gasteiger partial charge is 0.391 e. The molecule has 0 radical (unpaired) electrons. The maximum atomic E-state index is 10.1. The van der Waals surface area contributed by atoms with Crippen LogP contribution >= 0.6 is 0 Å². The normalized spacial score (nSPS) is 26.0. The summed E-state index contributed by atoms with van der Waals surface area (Å²) in [7, 11) is 2.16. The zero-order valence-corrected chi connectivity index (χ0v) is 12.9. The van der Waals surface area contributed by atoms with E-state index in [2.05, 4.69) is 45.0 Å². The molecule has 1 aliphatic carbocycles. The van der Waals surface area contributed by atoms with Crippen molar-refractivity contribution in [1.29, 1.82) is 0 Å². The van der Waals surface area contributed by atoms with Gasteiger partial charge in [0.1, 0.15) is 0 Å². The summed E-state index contributed by atoms with van der Waals surface area (Å²) in [5, 5.41) is 13.6. The average molecular weight is 256 g/mol. The highest BCUT2D eigenvalue weighted by Gasteiger charge is 2.30. The van der Waals surface area contributed by atoms with Gasteiger partial charge in [0.25, 0.3) is 0 Å². The van der Waals surface area contributed by atoms with Crippen molar-refractivity contribution in [3.8, 4) is 0 Å². The molecule has 2 N–H and O–H groups in total. The molecule has 0 heterocycles. The molecule has 3 nitrogen and oxygen atoms in total. The summed E-state index contributed by atoms with van der Waals surface area (Å²) >= 11 is 0. The van der Waals surface area contributed by atoms with Gasteiger partial charge >= 0.3 is 0 Å². The van der Waals surface area contributed by atoms with Crippen LogP contribution in [0.15, 0.2) is 0 Å². The van der Waals surface area contributed by atoms with Gasteiger partial charge in [0.05, 0.1) is 6.10 Å². The average Bonchev–Trinajstić information content (AvgIpc) is 2.26. The molecule has 1 fully saturated rings. The van der Waals surface area contributed by atoms with E-state index in [1.54, 1.807) is 0 Å². The summed E-state index contributed by atoms with van der Waals surface area (Å²) in [5.41, 5.74) is 0.246. The predicted molar refractivity (Wildman–Crippen MR) is 77.8 cm³/mol. The lowest BCUT2D eigenvalue weighted by Gasteiger charge is -2.39. The van der Waals surface area contributed by atoms with Crippen LogP contribution in [-0.4, -0.2) is 48.3 Å². The highest BCUT2D eigenvalue weighted by Crippen LogP contribution is 2.25. The van der Waals surface area contributed by atoms with Crippen molar-refractivity contribution in [2.75, 3.05) is 20.1 Å². The molecule has 0 amide bonds. The lowest BCUT2D eigenvalue weighted by molar-refractivity contribution is 0.0169. The Balaban J connectivity index is 2.43. The van der Waals surface area contributed by atoms with Crippen molar-refractivity contribution in [1.82, 2.24) is 10.2 Å². The molecule has 18 heavy (non-hydrogen) atoms. The van der Waals surface area contributed by atoms with Crippen LogP contribution < -0.4 is 5.32 Å². The van der Waals surface area contributed by atoms with Crippen molar-refractivity contribution < 1.29 is 5.11 Å². The predicted octanol–water partition coefficient (Wildman–Crippen LogP) is 2.25. The van der Waals surface area contributed by atoms with Crippen LogP contribution in [0.25, 0.3) is 0 Å². The molecule has 0 aromatic carbocycles. The number of nitrogens with zero attached hydrogens (tertiary/aromatic N) is 1. The van der Waals surface area contributed by atoms with Gasteiger partial charge in [-0.25, -0.2) is 0 Å². The van der Waals surface area contributed by atoms with E-state index < -0.39 is 0 Å². The molecule has 0 spiro atoms. The van der Waals surface area contributed by atoms with Crippen molar-refractivity contribution >= 4 is 0 Å². The summed E-state index contributed by atoms with van der Waals surface area (Å²) in [6.45, 7) is 11.0. The number of rotatable bonds is 6. The maximum absolute atomic E-state index is 10.1. The molecule has 3 heteroatoms. The second kappa shape index (κ2) is 6.88. The van der Waals surface area contributed by atoms with E-state index in [1.807, 2.05) is 0 Å². The Morgan fingerprint density at radius 1 is 1.28 bits per heavy atom. The second-order valence-corrected chi connectivity index (χ2v) is 7.03. The quantitative estimate of drug-likeness (QED) is 0.765. The van der Waals surface area contributed by atoms with E-state index in [4.69, 9.17) is 0 Å². The lowest BCUT2D eigenvalue weighted by atomic mass is 9.88. The van der Waals surface area contributed by atoms with E-state index in [1.165, 1.54) is 12.8 Å². The number of nitrogens with one attached hydrogen (secondary N) is 1. The standard InChI is InChI=1S/C15H32N2O/c1-12(2)16-10-15(3,4)11-17(5)13-8-6-7-9-14(13)18/h12-14,16,18H,6-11H2,1-5H3. The van der Waals surface area contributed by atoms with Gasteiger partial charge in [-0.05, 0) is 25.3 Å². The van der Waals surface area contributed by atoms with Crippen molar-refractivity contribution in [2.24, 2.45) is 5.41 Å². The molecule has 108 valence electrons. The first kappa shape index (κ1) is 15.9. The third-order valence-corrected chi connectivity index (χ3v) is 3.93. The first-order valence-electron chi connectivity index (χ1n) is 7.43. The zero-order chi connectivity index (χ0) is 13.8. The molecule has 0 bridgehead atoms. The number of aliphatic hydroxyl groups is 1. The highest BCUT2D eigenvalue weighted by atomic mass is 16.3. The molecule has 0 saturated heterocycles. The maximum Gasteiger partial charge on any atom is 0.0695 e. The van der Waals surface area contributed by atoms with Gasteiger partial charge in [0.15, 0.2) is 0 Å². The molecule has 1 rings (SSSR count). The first-order valence-corrected chi connectivity index (χ1v) is 7.43. The zero-order valence-electron chi connectivity index (χ0n) is 12.9. The van der Waals surface area contributed by atoms with E-state index in [0.29, 0.717) is 12.1 Å². The third kappa shape index (κ3) is 5.25. The summed E-state index contributed by atoms with van der Waals surface area (Å²) in [6, 6.07) is 0.895. The van der Waals surface area contributed by atoms with Gasteiger partial charge < -0.3 is 15.3 Å². The Morgan fingerprint density at radius 3 is 2.44 bits per heavy atom. The fourth-order valence-corrected chi connectivity index (χ4v) is 2.93. The molecule has 1 saturated carbocycles. The Bertz CT molecular complexity index is 241. The Hall–Kier alpha value is -0.120. The fourth-order valence-electron chi connectivity index (χ4n) is 2.93. The van der Waals surface area contributed by atoms with E-state index in [-0.39, 0.29) is 11.5 Å². The van der Waals surface area contributed by atoms with Gasteiger partial charge in [-0.15, -0.1) is 0 Å². The topological polar surface area (TPSA) is 35.5 Å². The molecular formula is C15H32N2O. The molecule has 2 atom stereocenters. The highest BCUT2D eigenvalue weighted by molar-refractivity contribution is 4.85. The summed E-state index contributed by atoms with van der Waals surface area (Å²) in [5.74, 6) is 0. The second-order valence-electron chi connectivity index (χ2n) is 7.03. The molecular weight excluding hydrogens is 224 g/mol. The monoisotopic (exact) mass is 256 g/mol. The number of hydrogen-bond donors (Lipinski definition) is 2. The van der Waals surface area contributed by atoms with E-state index in [0.717, 1.165) is 25.9 Å². The van der Waals surface area contributed by atoms with Crippen LogP contribution in [0, 0.1) is 5.41 Å². The lowest BCUT2D eigenvalue weighted by Crippen LogP contribution is -2.49. The van der Waals surface area contributed by atoms with Crippen molar-refractivity contribution in [3.63, 3.8) is 0 Å². The van der Waals surface area contributed by atoms with Crippen molar-refractivity contribution in [2.45, 2.75) is 71.6 Å². The Labute approximate surface area is 113 Å². The van der Waals surface area contributed by atoms with E-state index >= 15 is 0 Å². The van der Waals surface area contributed by atoms with E-state index in [9.17, 15) is 5.11 Å². The Morgan fingerprint density at radius 2 is 1.89 bits per heavy atom. The number of aliphatic hydroxyl groups excluding tert-OH is 1. The van der Waals surface area contributed by atoms with Crippen LogP contribution in [0.2, 0.25) is 0 Å². The molecule has 0 aliphatic heterocycles. The third-order valence-electron chi connectivity index (χ3n) is 3.93. The van der Waals surface area contributed by atoms with Gasteiger partial charge in [0.2, 0.25) is 0 Å². The molecule has 1 aliphatic rings. The summed E-state index contributed by atoms with van der Waals surface area (Å²) in [6.07, 6.45) is 4.43. The number of likely N-dealkylation sites (N-methyl/N-ethyl adjacent to an activating group) is 1. The fraction of sp³-hybridized carbons (Fsp3) is 1.00. The first-order chi connectivity index (χ1) is 8.32. The van der Waals surface area contributed by atoms with Crippen LogP contribution in [0.4, 0.5) is 0 Å². The van der Waals surface area contributed by atoms with Gasteiger partial charge in [-0.1, -0.05) is 40.5 Å². The molecule has 0 aromatic rings. The van der Waals surface area contributed by atoms with Gasteiger partial charge in [-0.2, -0.15) is 0 Å². The molecule has 0 aromatic heterocycles. The van der Waals surface area contributed by atoms with Crippen LogP contribution in [0.5, 0.6) is 0 Å². The number of hydrogen-bond acceptors (Lipinski definition) is 3. The summed E-state index contributed by atoms with van der Waals surface area (Å²) < 4.78 is 0. The van der Waals surface area contributed by atoms with Gasteiger partial charge in [0, 0.05) is 25.2 Å². The van der Waals surface area contributed by atoms with Gasteiger partial charge in [-0.3, -0.25) is 0 Å². The minimum absolute atomic E-state index is 0.127.